The van der Waals surface area contributed by atoms with Crippen molar-refractivity contribution in [3.05, 3.63) is 35.2 Å². The van der Waals surface area contributed by atoms with Crippen LogP contribution in [0.3, 0.4) is 0 Å². The number of carbonyl (C=O) groups is 1. The molecule has 3 rings (SSSR count). The van der Waals surface area contributed by atoms with Gasteiger partial charge in [-0.3, -0.25) is 4.79 Å². The molecule has 0 aliphatic carbocycles. The monoisotopic (exact) mass is 388 g/mol. The Kier molecular flexibility index (Phi) is 5.99. The standard InChI is InChI=1S/C20H28N4O2S/c1-13(2)17-7-6-14(3)12-18(17)26-15(4)19(25)23-8-10-24(11-9-23)20-21-16(5)22-27-20/h6-7,12-13,15H,8-11H2,1-5H3/t15-/m1/s1. The summed E-state index contributed by atoms with van der Waals surface area (Å²) in [6.07, 6.45) is -0.500. The fourth-order valence-corrected chi connectivity index (χ4v) is 3.98. The van der Waals surface area contributed by atoms with Crippen LogP contribution in [0.15, 0.2) is 18.2 Å². The second kappa shape index (κ2) is 8.25. The summed E-state index contributed by atoms with van der Waals surface area (Å²) in [5, 5.41) is 0.935. The number of piperazine rings is 1. The summed E-state index contributed by atoms with van der Waals surface area (Å²) in [4.78, 5) is 21.4. The van der Waals surface area contributed by atoms with Crippen LogP contribution < -0.4 is 9.64 Å². The molecule has 1 aromatic carbocycles. The van der Waals surface area contributed by atoms with E-state index < -0.39 is 6.10 Å². The van der Waals surface area contributed by atoms with Gasteiger partial charge in [0.15, 0.2) is 6.10 Å². The number of hydrogen-bond acceptors (Lipinski definition) is 6. The summed E-state index contributed by atoms with van der Waals surface area (Å²) in [7, 11) is 0. The molecular weight excluding hydrogens is 360 g/mol. The molecule has 1 aliphatic heterocycles. The Bertz CT molecular complexity index is 797. The average Bonchev–Trinajstić information content (AvgIpc) is 3.07. The van der Waals surface area contributed by atoms with Crippen molar-refractivity contribution in [2.24, 2.45) is 0 Å². The van der Waals surface area contributed by atoms with Gasteiger partial charge in [-0.05, 0) is 43.9 Å². The van der Waals surface area contributed by atoms with Gasteiger partial charge in [0.2, 0.25) is 5.13 Å². The van der Waals surface area contributed by atoms with Crippen LogP contribution in [0.4, 0.5) is 5.13 Å². The Morgan fingerprint density at radius 3 is 2.44 bits per heavy atom. The Morgan fingerprint density at radius 1 is 1.15 bits per heavy atom. The van der Waals surface area contributed by atoms with Crippen LogP contribution in [0, 0.1) is 13.8 Å². The lowest BCUT2D eigenvalue weighted by Gasteiger charge is -2.35. The van der Waals surface area contributed by atoms with E-state index >= 15 is 0 Å². The van der Waals surface area contributed by atoms with Crippen molar-refractivity contribution in [3.8, 4) is 5.75 Å². The average molecular weight is 389 g/mol. The first-order valence-electron chi connectivity index (χ1n) is 9.46. The number of hydrogen-bond donors (Lipinski definition) is 0. The Labute approximate surface area is 165 Å². The van der Waals surface area contributed by atoms with E-state index in [4.69, 9.17) is 4.74 Å². The smallest absolute Gasteiger partial charge is 0.263 e. The van der Waals surface area contributed by atoms with Crippen LogP contribution in [0.2, 0.25) is 0 Å². The Hall–Kier alpha value is -2.15. The highest BCUT2D eigenvalue weighted by atomic mass is 32.1. The number of aromatic nitrogens is 2. The van der Waals surface area contributed by atoms with Gasteiger partial charge in [0.25, 0.3) is 5.91 Å². The number of rotatable bonds is 5. The van der Waals surface area contributed by atoms with Crippen LogP contribution in [-0.2, 0) is 4.79 Å². The van der Waals surface area contributed by atoms with Gasteiger partial charge in [0, 0.05) is 37.7 Å². The van der Waals surface area contributed by atoms with Crippen LogP contribution in [0.25, 0.3) is 0 Å². The fourth-order valence-electron chi connectivity index (χ4n) is 3.25. The van der Waals surface area contributed by atoms with E-state index in [-0.39, 0.29) is 5.91 Å². The molecule has 1 aliphatic rings. The molecule has 0 N–H and O–H groups in total. The molecule has 2 aromatic rings. The highest BCUT2D eigenvalue weighted by Crippen LogP contribution is 2.28. The first kappa shape index (κ1) is 19.6. The molecular formula is C20H28N4O2S. The summed E-state index contributed by atoms with van der Waals surface area (Å²) >= 11 is 1.42. The Balaban J connectivity index is 1.61. The molecule has 1 atom stereocenters. The molecule has 27 heavy (non-hydrogen) atoms. The lowest BCUT2D eigenvalue weighted by molar-refractivity contribution is -0.138. The molecule has 1 aromatic heterocycles. The number of aryl methyl sites for hydroxylation is 2. The molecule has 0 radical (unpaired) electrons. The van der Waals surface area contributed by atoms with Crippen molar-refractivity contribution in [2.75, 3.05) is 31.1 Å². The zero-order chi connectivity index (χ0) is 19.6. The van der Waals surface area contributed by atoms with Gasteiger partial charge >= 0.3 is 0 Å². The molecule has 0 unspecified atom stereocenters. The zero-order valence-corrected chi connectivity index (χ0v) is 17.5. The number of ether oxygens (including phenoxy) is 1. The molecule has 1 fully saturated rings. The van der Waals surface area contributed by atoms with Gasteiger partial charge in [0.05, 0.1) is 0 Å². The summed E-state index contributed by atoms with van der Waals surface area (Å²) in [5.74, 6) is 2.00. The van der Waals surface area contributed by atoms with Crippen molar-refractivity contribution >= 4 is 22.6 Å². The van der Waals surface area contributed by atoms with Gasteiger partial charge in [0.1, 0.15) is 11.6 Å². The zero-order valence-electron chi connectivity index (χ0n) is 16.7. The van der Waals surface area contributed by atoms with Gasteiger partial charge in [-0.2, -0.15) is 4.37 Å². The normalized spacial score (nSPS) is 15.9. The quantitative estimate of drug-likeness (QED) is 0.786. The van der Waals surface area contributed by atoms with Gasteiger partial charge in [-0.15, -0.1) is 0 Å². The van der Waals surface area contributed by atoms with Crippen molar-refractivity contribution in [1.82, 2.24) is 14.3 Å². The topological polar surface area (TPSA) is 58.6 Å². The number of amides is 1. The number of carbonyl (C=O) groups excluding carboxylic acids is 1. The molecule has 6 nitrogen and oxygen atoms in total. The van der Waals surface area contributed by atoms with E-state index in [9.17, 15) is 4.79 Å². The van der Waals surface area contributed by atoms with E-state index in [1.807, 2.05) is 31.7 Å². The highest BCUT2D eigenvalue weighted by molar-refractivity contribution is 7.09. The Morgan fingerprint density at radius 2 is 1.85 bits per heavy atom. The first-order chi connectivity index (χ1) is 12.8. The maximum atomic E-state index is 12.9. The second-order valence-corrected chi connectivity index (χ2v) is 8.12. The molecule has 1 amide bonds. The minimum absolute atomic E-state index is 0.0410. The largest absolute Gasteiger partial charge is 0.481 e. The minimum atomic E-state index is -0.500. The third-order valence-electron chi connectivity index (χ3n) is 4.82. The van der Waals surface area contributed by atoms with Crippen LogP contribution in [0.5, 0.6) is 5.75 Å². The summed E-state index contributed by atoms with van der Waals surface area (Å²) in [6.45, 7) is 13.0. The van der Waals surface area contributed by atoms with E-state index in [2.05, 4.69) is 40.2 Å². The van der Waals surface area contributed by atoms with E-state index in [1.54, 1.807) is 0 Å². The lowest BCUT2D eigenvalue weighted by atomic mass is 10.0. The van der Waals surface area contributed by atoms with E-state index in [0.717, 1.165) is 40.9 Å². The predicted molar refractivity (Wildman–Crippen MR) is 109 cm³/mol. The summed E-state index contributed by atoms with van der Waals surface area (Å²) in [5.41, 5.74) is 2.27. The second-order valence-electron chi connectivity index (χ2n) is 7.39. The highest BCUT2D eigenvalue weighted by Gasteiger charge is 2.27. The predicted octanol–water partition coefficient (Wildman–Crippen LogP) is 3.39. The molecule has 146 valence electrons. The maximum absolute atomic E-state index is 12.9. The fraction of sp³-hybridized carbons (Fsp3) is 0.550. The number of anilines is 1. The molecule has 0 saturated carbocycles. The van der Waals surface area contributed by atoms with Crippen LogP contribution in [0.1, 0.15) is 43.6 Å². The SMILES string of the molecule is Cc1ccc(C(C)C)c(O[C@H](C)C(=O)N2CCN(c3nc(C)ns3)CC2)c1. The van der Waals surface area contributed by atoms with Crippen LogP contribution >= 0.6 is 11.5 Å². The van der Waals surface area contributed by atoms with Crippen molar-refractivity contribution in [1.29, 1.82) is 0 Å². The van der Waals surface area contributed by atoms with Crippen molar-refractivity contribution in [3.63, 3.8) is 0 Å². The van der Waals surface area contributed by atoms with E-state index in [1.165, 1.54) is 11.5 Å². The van der Waals surface area contributed by atoms with Gasteiger partial charge < -0.3 is 14.5 Å². The lowest BCUT2D eigenvalue weighted by Crippen LogP contribution is -2.52. The maximum Gasteiger partial charge on any atom is 0.263 e. The third kappa shape index (κ3) is 4.58. The molecule has 0 spiro atoms. The number of nitrogens with zero attached hydrogens (tertiary/aromatic N) is 4. The number of benzene rings is 1. The third-order valence-corrected chi connectivity index (χ3v) is 5.69. The minimum Gasteiger partial charge on any atom is -0.481 e. The van der Waals surface area contributed by atoms with Crippen molar-refractivity contribution < 1.29 is 9.53 Å². The van der Waals surface area contributed by atoms with Gasteiger partial charge in [-0.1, -0.05) is 26.0 Å². The van der Waals surface area contributed by atoms with Crippen LogP contribution in [-0.4, -0.2) is 52.4 Å². The van der Waals surface area contributed by atoms with Gasteiger partial charge in [-0.25, -0.2) is 4.98 Å². The molecule has 1 saturated heterocycles. The molecule has 0 bridgehead atoms. The summed E-state index contributed by atoms with van der Waals surface area (Å²) < 4.78 is 10.3. The molecule has 7 heteroatoms. The van der Waals surface area contributed by atoms with Crippen molar-refractivity contribution in [2.45, 2.75) is 46.6 Å². The summed E-state index contributed by atoms with van der Waals surface area (Å²) in [6, 6.07) is 6.20. The first-order valence-corrected chi connectivity index (χ1v) is 10.2. The van der Waals surface area contributed by atoms with E-state index in [0.29, 0.717) is 19.0 Å². The molecule has 2 heterocycles.